The SMILES string of the molecule is C=C(C)[C@@H]1CC(C(CC(C(=O)c2ccc(OC)c(OCCCOC)c2)C(C)C)NC(=O)OC(C)(C)C)OC1=O. The molecule has 0 bridgehead atoms. The minimum absolute atomic E-state index is 0.0670. The zero-order valence-electron chi connectivity index (χ0n) is 24.6. The first-order valence-corrected chi connectivity index (χ1v) is 13.5. The third-order valence-electron chi connectivity index (χ3n) is 6.61. The number of rotatable bonds is 14. The van der Waals surface area contributed by atoms with E-state index in [1.54, 1.807) is 60.1 Å². The molecule has 1 aliphatic rings. The number of esters is 1. The zero-order valence-corrected chi connectivity index (χ0v) is 24.6. The Kier molecular flexibility index (Phi) is 11.8. The van der Waals surface area contributed by atoms with Crippen molar-refractivity contribution in [3.05, 3.63) is 35.9 Å². The van der Waals surface area contributed by atoms with Gasteiger partial charge < -0.3 is 29.0 Å². The van der Waals surface area contributed by atoms with Crippen LogP contribution in [-0.4, -0.2) is 63.0 Å². The third kappa shape index (κ3) is 9.56. The van der Waals surface area contributed by atoms with Crippen molar-refractivity contribution in [2.75, 3.05) is 27.4 Å². The predicted octanol–water partition coefficient (Wildman–Crippen LogP) is 5.36. The highest BCUT2D eigenvalue weighted by Gasteiger charge is 2.42. The van der Waals surface area contributed by atoms with Crippen LogP contribution in [0.2, 0.25) is 0 Å². The fraction of sp³-hybridized carbons (Fsp3) is 0.633. The molecule has 1 aromatic carbocycles. The van der Waals surface area contributed by atoms with Crippen molar-refractivity contribution in [3.63, 3.8) is 0 Å². The van der Waals surface area contributed by atoms with E-state index < -0.39 is 35.7 Å². The minimum atomic E-state index is -0.711. The van der Waals surface area contributed by atoms with E-state index in [9.17, 15) is 14.4 Å². The molecule has 2 rings (SSSR count). The molecule has 1 heterocycles. The maximum Gasteiger partial charge on any atom is 0.408 e. The van der Waals surface area contributed by atoms with Crippen LogP contribution >= 0.6 is 0 Å². The monoisotopic (exact) mass is 547 g/mol. The lowest BCUT2D eigenvalue weighted by Crippen LogP contribution is -2.47. The van der Waals surface area contributed by atoms with Gasteiger partial charge in [0.05, 0.1) is 25.7 Å². The van der Waals surface area contributed by atoms with Gasteiger partial charge in [-0.25, -0.2) is 4.79 Å². The second-order valence-corrected chi connectivity index (χ2v) is 11.4. The second kappa shape index (κ2) is 14.4. The molecule has 9 nitrogen and oxygen atoms in total. The van der Waals surface area contributed by atoms with Gasteiger partial charge in [0.25, 0.3) is 0 Å². The predicted molar refractivity (Wildman–Crippen MR) is 148 cm³/mol. The lowest BCUT2D eigenvalue weighted by Gasteiger charge is -2.30. The summed E-state index contributed by atoms with van der Waals surface area (Å²) in [6.45, 7) is 15.9. The molecule has 3 unspecified atom stereocenters. The number of hydrogen-bond donors (Lipinski definition) is 1. The van der Waals surface area contributed by atoms with Crippen LogP contribution in [0.25, 0.3) is 0 Å². The fourth-order valence-electron chi connectivity index (χ4n) is 4.52. The molecule has 0 spiro atoms. The molecule has 9 heteroatoms. The summed E-state index contributed by atoms with van der Waals surface area (Å²) in [6.07, 6.45) is 0.0719. The second-order valence-electron chi connectivity index (χ2n) is 11.4. The first-order valence-electron chi connectivity index (χ1n) is 13.5. The highest BCUT2D eigenvalue weighted by atomic mass is 16.6. The number of ether oxygens (including phenoxy) is 5. The van der Waals surface area contributed by atoms with E-state index >= 15 is 0 Å². The van der Waals surface area contributed by atoms with E-state index in [0.29, 0.717) is 48.7 Å². The number of carbonyl (C=O) groups excluding carboxylic acids is 3. The topological polar surface area (TPSA) is 109 Å². The van der Waals surface area contributed by atoms with E-state index in [2.05, 4.69) is 11.9 Å². The van der Waals surface area contributed by atoms with Crippen LogP contribution in [0, 0.1) is 17.8 Å². The van der Waals surface area contributed by atoms with Crippen LogP contribution in [0.1, 0.15) is 71.2 Å². The van der Waals surface area contributed by atoms with E-state index in [1.807, 2.05) is 13.8 Å². The van der Waals surface area contributed by atoms with Gasteiger partial charge in [-0.2, -0.15) is 0 Å². The van der Waals surface area contributed by atoms with Gasteiger partial charge in [0.1, 0.15) is 11.7 Å². The number of carbonyl (C=O) groups is 3. The number of Topliss-reactive ketones (excluding diaryl/α,β-unsaturated/α-hetero) is 1. The molecular formula is C30H45NO8. The first kappa shape index (κ1) is 32.1. The molecule has 0 aromatic heterocycles. The fourth-order valence-corrected chi connectivity index (χ4v) is 4.52. The number of nitrogens with one attached hydrogen (secondary N) is 1. The quantitative estimate of drug-likeness (QED) is 0.144. The highest BCUT2D eigenvalue weighted by molar-refractivity contribution is 5.98. The molecule has 1 fully saturated rings. The van der Waals surface area contributed by atoms with Crippen LogP contribution < -0.4 is 14.8 Å². The highest BCUT2D eigenvalue weighted by Crippen LogP contribution is 2.34. The molecule has 0 saturated carbocycles. The molecule has 1 N–H and O–H groups in total. The maximum atomic E-state index is 13.8. The smallest absolute Gasteiger partial charge is 0.408 e. The first-order chi connectivity index (χ1) is 18.3. The average molecular weight is 548 g/mol. The van der Waals surface area contributed by atoms with E-state index in [1.165, 1.54) is 0 Å². The Morgan fingerprint density at radius 3 is 2.38 bits per heavy atom. The Hall–Kier alpha value is -3.07. The molecule has 1 saturated heterocycles. The number of cyclic esters (lactones) is 1. The summed E-state index contributed by atoms with van der Waals surface area (Å²) in [5.41, 5.74) is 0.457. The zero-order chi connectivity index (χ0) is 29.3. The van der Waals surface area contributed by atoms with Crippen LogP contribution in [0.15, 0.2) is 30.4 Å². The molecule has 39 heavy (non-hydrogen) atoms. The number of alkyl carbamates (subject to hydrolysis) is 1. The molecule has 0 aliphatic carbocycles. The van der Waals surface area contributed by atoms with Gasteiger partial charge in [-0.15, -0.1) is 0 Å². The summed E-state index contributed by atoms with van der Waals surface area (Å²) in [7, 11) is 3.17. The summed E-state index contributed by atoms with van der Waals surface area (Å²) < 4.78 is 27.5. The molecule has 1 aliphatic heterocycles. The van der Waals surface area contributed by atoms with Crippen molar-refractivity contribution in [1.29, 1.82) is 0 Å². The lowest BCUT2D eigenvalue weighted by molar-refractivity contribution is -0.144. The number of ketones is 1. The summed E-state index contributed by atoms with van der Waals surface area (Å²) in [4.78, 5) is 39.1. The average Bonchev–Trinajstić information content (AvgIpc) is 3.24. The standard InChI is InChI=1S/C30H45NO8/c1-18(2)21(27(32)20-11-12-24(36-9)26(15-20)37-14-10-13-35-8)16-23(31-29(34)39-30(5,6)7)25-17-22(19(3)4)28(33)38-25/h11-12,15,18,21-23,25H,3,10,13-14,16-17H2,1-2,4-9H3,(H,31,34)/t21?,22-,23?,25?/m0/s1. The van der Waals surface area contributed by atoms with Gasteiger partial charge in [-0.1, -0.05) is 26.0 Å². The molecule has 1 amide bonds. The van der Waals surface area contributed by atoms with Gasteiger partial charge >= 0.3 is 12.1 Å². The Bertz CT molecular complexity index is 1010. The van der Waals surface area contributed by atoms with Crippen LogP contribution in [0.4, 0.5) is 4.79 Å². The number of benzene rings is 1. The summed E-state index contributed by atoms with van der Waals surface area (Å²) in [5.74, 6) is -0.486. The van der Waals surface area contributed by atoms with E-state index in [0.717, 1.165) is 0 Å². The maximum absolute atomic E-state index is 13.8. The summed E-state index contributed by atoms with van der Waals surface area (Å²) >= 11 is 0. The van der Waals surface area contributed by atoms with Crippen molar-refractivity contribution in [1.82, 2.24) is 5.32 Å². The molecule has 0 radical (unpaired) electrons. The molecule has 218 valence electrons. The normalized spacial score (nSPS) is 18.7. The summed E-state index contributed by atoms with van der Waals surface area (Å²) in [6, 6.07) is 4.48. The van der Waals surface area contributed by atoms with Crippen molar-refractivity contribution >= 4 is 17.8 Å². The Morgan fingerprint density at radius 1 is 1.15 bits per heavy atom. The van der Waals surface area contributed by atoms with Crippen LogP contribution in [0.3, 0.4) is 0 Å². The van der Waals surface area contributed by atoms with Gasteiger partial charge in [-0.05, 0) is 58.2 Å². The van der Waals surface area contributed by atoms with Crippen molar-refractivity contribution < 1.29 is 38.1 Å². The molecule has 1 aromatic rings. The van der Waals surface area contributed by atoms with Gasteiger partial charge in [0, 0.05) is 38.0 Å². The van der Waals surface area contributed by atoms with Crippen molar-refractivity contribution in [3.8, 4) is 11.5 Å². The van der Waals surface area contributed by atoms with Gasteiger partial charge in [-0.3, -0.25) is 9.59 Å². The van der Waals surface area contributed by atoms with Crippen LogP contribution in [0.5, 0.6) is 11.5 Å². The summed E-state index contributed by atoms with van der Waals surface area (Å²) in [5, 5.41) is 2.88. The Morgan fingerprint density at radius 2 is 1.85 bits per heavy atom. The van der Waals surface area contributed by atoms with Gasteiger partial charge in [0.2, 0.25) is 0 Å². The number of amides is 1. The lowest BCUT2D eigenvalue weighted by atomic mass is 9.81. The molecular weight excluding hydrogens is 502 g/mol. The van der Waals surface area contributed by atoms with E-state index in [4.69, 9.17) is 23.7 Å². The van der Waals surface area contributed by atoms with Crippen LogP contribution in [-0.2, 0) is 19.0 Å². The van der Waals surface area contributed by atoms with E-state index in [-0.39, 0.29) is 24.1 Å². The third-order valence-corrected chi connectivity index (χ3v) is 6.61. The number of methoxy groups -OCH3 is 2. The number of hydrogen-bond acceptors (Lipinski definition) is 8. The minimum Gasteiger partial charge on any atom is -0.493 e. The Labute approximate surface area is 232 Å². The largest absolute Gasteiger partial charge is 0.493 e. The van der Waals surface area contributed by atoms with Gasteiger partial charge in [0.15, 0.2) is 17.3 Å². The van der Waals surface area contributed by atoms with Crippen molar-refractivity contribution in [2.45, 2.75) is 78.6 Å². The Balaban J connectivity index is 2.32. The van der Waals surface area contributed by atoms with Crippen molar-refractivity contribution in [2.24, 2.45) is 17.8 Å². The molecule has 4 atom stereocenters.